The average Bonchev–Trinajstić information content (AvgIpc) is 2.27. The van der Waals surface area contributed by atoms with Gasteiger partial charge in [0.25, 0.3) is 0 Å². The third kappa shape index (κ3) is 4.17. The van der Waals surface area contributed by atoms with E-state index in [1.807, 2.05) is 4.72 Å². The molecule has 0 aromatic heterocycles. The highest BCUT2D eigenvalue weighted by molar-refractivity contribution is 7.89. The second-order valence-corrected chi connectivity index (χ2v) is 5.14. The van der Waals surface area contributed by atoms with Crippen molar-refractivity contribution < 1.29 is 21.6 Å². The van der Waals surface area contributed by atoms with Crippen LogP contribution in [0, 0.1) is 0 Å². The lowest BCUT2D eigenvalue weighted by Gasteiger charge is -2.11. The largest absolute Gasteiger partial charge is 0.390 e. The Morgan fingerprint density at radius 1 is 1.22 bits per heavy atom. The first kappa shape index (κ1) is 14.7. The molecule has 102 valence electrons. The van der Waals surface area contributed by atoms with Gasteiger partial charge in [0.1, 0.15) is 4.90 Å². The number of rotatable bonds is 5. The summed E-state index contributed by atoms with van der Waals surface area (Å²) in [6, 6.07) is 5.63. The van der Waals surface area contributed by atoms with Gasteiger partial charge in [-0.25, -0.2) is 13.1 Å². The van der Waals surface area contributed by atoms with Crippen LogP contribution in [0.5, 0.6) is 0 Å². The lowest BCUT2D eigenvalue weighted by Crippen LogP contribution is -2.29. The molecule has 0 bridgehead atoms. The van der Waals surface area contributed by atoms with Crippen molar-refractivity contribution in [3.8, 4) is 0 Å². The van der Waals surface area contributed by atoms with Crippen molar-refractivity contribution in [2.75, 3.05) is 12.0 Å². The molecule has 0 saturated heterocycles. The van der Waals surface area contributed by atoms with Gasteiger partial charge in [0.05, 0.1) is 12.1 Å². The Kier molecular flexibility index (Phi) is 4.54. The second-order valence-electron chi connectivity index (χ2n) is 3.40. The number of nitrogens with one attached hydrogen (secondary N) is 2. The summed E-state index contributed by atoms with van der Waals surface area (Å²) in [5, 5.41) is 0. The number of hydrazine groups is 1. The summed E-state index contributed by atoms with van der Waals surface area (Å²) in [5.74, 6) is 5.12. The number of halogens is 3. The second kappa shape index (κ2) is 5.55. The summed E-state index contributed by atoms with van der Waals surface area (Å²) in [6.45, 7) is -0.718. The topological polar surface area (TPSA) is 84.2 Å². The van der Waals surface area contributed by atoms with Crippen LogP contribution in [0.3, 0.4) is 0 Å². The van der Waals surface area contributed by atoms with E-state index in [9.17, 15) is 21.6 Å². The fraction of sp³-hybridized carbons (Fsp3) is 0.333. The molecule has 0 aliphatic heterocycles. The lowest BCUT2D eigenvalue weighted by atomic mass is 10.3. The molecule has 5 nitrogen and oxygen atoms in total. The van der Waals surface area contributed by atoms with Crippen LogP contribution in [-0.4, -0.2) is 21.1 Å². The van der Waals surface area contributed by atoms with Gasteiger partial charge >= 0.3 is 6.18 Å². The van der Waals surface area contributed by atoms with Crippen molar-refractivity contribution >= 4 is 15.7 Å². The van der Waals surface area contributed by atoms with Crippen LogP contribution in [-0.2, 0) is 10.0 Å². The molecule has 9 heteroatoms. The molecule has 1 rings (SSSR count). The van der Waals surface area contributed by atoms with Crippen molar-refractivity contribution in [3.05, 3.63) is 24.3 Å². The van der Waals surface area contributed by atoms with E-state index in [0.717, 1.165) is 0 Å². The monoisotopic (exact) mass is 283 g/mol. The smallest absolute Gasteiger partial charge is 0.323 e. The zero-order valence-corrected chi connectivity index (χ0v) is 9.98. The molecule has 0 radical (unpaired) electrons. The third-order valence-corrected chi connectivity index (χ3v) is 3.55. The number of benzene rings is 1. The van der Waals surface area contributed by atoms with Gasteiger partial charge in [-0.2, -0.15) is 13.2 Å². The standard InChI is InChI=1S/C9H12F3N3O2S/c10-9(11,12)5-6-14-18(16,17)8-4-2-1-3-7(8)15-13/h1-4,14-15H,5-6,13H2. The van der Waals surface area contributed by atoms with E-state index >= 15 is 0 Å². The van der Waals surface area contributed by atoms with Crippen LogP contribution in [0.1, 0.15) is 6.42 Å². The number of hydrogen-bond acceptors (Lipinski definition) is 4. The van der Waals surface area contributed by atoms with Crippen LogP contribution >= 0.6 is 0 Å². The maximum atomic E-state index is 11.9. The van der Waals surface area contributed by atoms with Gasteiger partial charge in [-0.1, -0.05) is 12.1 Å². The number of para-hydroxylation sites is 1. The van der Waals surface area contributed by atoms with E-state index in [-0.39, 0.29) is 10.6 Å². The molecule has 1 aromatic carbocycles. The molecule has 0 aliphatic rings. The van der Waals surface area contributed by atoms with E-state index in [4.69, 9.17) is 5.84 Å². The summed E-state index contributed by atoms with van der Waals surface area (Å²) >= 11 is 0. The first-order valence-electron chi connectivity index (χ1n) is 4.88. The number of alkyl halides is 3. The Hall–Kier alpha value is -1.32. The van der Waals surface area contributed by atoms with Gasteiger partial charge < -0.3 is 5.43 Å². The van der Waals surface area contributed by atoms with Crippen molar-refractivity contribution in [3.63, 3.8) is 0 Å². The maximum Gasteiger partial charge on any atom is 0.390 e. The minimum Gasteiger partial charge on any atom is -0.323 e. The molecule has 0 aliphatic carbocycles. The summed E-state index contributed by atoms with van der Waals surface area (Å²) in [6.07, 6.45) is -5.64. The number of nitrogens with two attached hydrogens (primary N) is 1. The van der Waals surface area contributed by atoms with Crippen LogP contribution in [0.15, 0.2) is 29.2 Å². The summed E-state index contributed by atoms with van der Waals surface area (Å²) in [5.41, 5.74) is 2.28. The average molecular weight is 283 g/mol. The summed E-state index contributed by atoms with van der Waals surface area (Å²) in [7, 11) is -4.02. The minimum atomic E-state index is -4.41. The predicted octanol–water partition coefficient (Wildman–Crippen LogP) is 1.20. The molecule has 0 atom stereocenters. The number of hydrogen-bond donors (Lipinski definition) is 3. The Morgan fingerprint density at radius 2 is 1.83 bits per heavy atom. The van der Waals surface area contributed by atoms with Gasteiger partial charge in [-0.3, -0.25) is 5.84 Å². The van der Waals surface area contributed by atoms with Crippen LogP contribution in [0.4, 0.5) is 18.9 Å². The van der Waals surface area contributed by atoms with Crippen molar-refractivity contribution in [1.82, 2.24) is 4.72 Å². The minimum absolute atomic E-state index is 0.108. The molecule has 0 fully saturated rings. The number of anilines is 1. The SMILES string of the molecule is NNc1ccccc1S(=O)(=O)NCCC(F)(F)F. The van der Waals surface area contributed by atoms with Gasteiger partial charge in [-0.05, 0) is 12.1 Å². The molecule has 0 saturated carbocycles. The fourth-order valence-electron chi connectivity index (χ4n) is 1.23. The lowest BCUT2D eigenvalue weighted by molar-refractivity contribution is -0.132. The third-order valence-electron chi connectivity index (χ3n) is 2.03. The highest BCUT2D eigenvalue weighted by atomic mass is 32.2. The summed E-state index contributed by atoms with van der Waals surface area (Å²) in [4.78, 5) is -0.199. The van der Waals surface area contributed by atoms with Gasteiger partial charge in [0.2, 0.25) is 10.0 Å². The fourth-order valence-corrected chi connectivity index (χ4v) is 2.43. The molecule has 0 unspecified atom stereocenters. The molecular formula is C9H12F3N3O2S. The molecule has 0 heterocycles. The molecule has 4 N–H and O–H groups in total. The zero-order chi connectivity index (χ0) is 13.8. The quantitative estimate of drug-likeness (QED) is 0.560. The highest BCUT2D eigenvalue weighted by Gasteiger charge is 2.28. The summed E-state index contributed by atoms with van der Waals surface area (Å²) < 4.78 is 61.0. The Balaban J connectivity index is 2.81. The van der Waals surface area contributed by atoms with E-state index in [2.05, 4.69) is 5.43 Å². The van der Waals surface area contributed by atoms with Crippen molar-refractivity contribution in [2.45, 2.75) is 17.5 Å². The number of nitrogen functional groups attached to an aromatic ring is 1. The van der Waals surface area contributed by atoms with Crippen molar-refractivity contribution in [1.29, 1.82) is 0 Å². The Labute approximate surface area is 102 Å². The molecule has 1 aromatic rings. The van der Waals surface area contributed by atoms with Gasteiger partial charge in [0, 0.05) is 6.54 Å². The van der Waals surface area contributed by atoms with Crippen LogP contribution in [0.25, 0.3) is 0 Å². The zero-order valence-electron chi connectivity index (χ0n) is 9.16. The van der Waals surface area contributed by atoms with Gasteiger partial charge in [-0.15, -0.1) is 0 Å². The highest BCUT2D eigenvalue weighted by Crippen LogP contribution is 2.21. The van der Waals surface area contributed by atoms with E-state index in [1.165, 1.54) is 18.2 Å². The maximum absolute atomic E-state index is 11.9. The molecule has 18 heavy (non-hydrogen) atoms. The van der Waals surface area contributed by atoms with E-state index < -0.39 is 29.2 Å². The van der Waals surface area contributed by atoms with Crippen LogP contribution < -0.4 is 16.0 Å². The van der Waals surface area contributed by atoms with Gasteiger partial charge in [0.15, 0.2) is 0 Å². The molecule has 0 amide bonds. The first-order valence-corrected chi connectivity index (χ1v) is 6.36. The Morgan fingerprint density at radius 3 is 2.39 bits per heavy atom. The van der Waals surface area contributed by atoms with E-state index in [0.29, 0.717) is 0 Å². The molecular weight excluding hydrogens is 271 g/mol. The predicted molar refractivity (Wildman–Crippen MR) is 60.1 cm³/mol. The molecule has 0 spiro atoms. The number of sulfonamides is 1. The first-order chi connectivity index (χ1) is 8.26. The van der Waals surface area contributed by atoms with E-state index in [1.54, 1.807) is 6.07 Å². The Bertz CT molecular complexity index is 502. The van der Waals surface area contributed by atoms with Crippen molar-refractivity contribution in [2.24, 2.45) is 5.84 Å². The van der Waals surface area contributed by atoms with Crippen LogP contribution in [0.2, 0.25) is 0 Å². The normalized spacial score (nSPS) is 12.4.